The Bertz CT molecular complexity index is 1020. The maximum atomic E-state index is 12.8. The highest BCUT2D eigenvalue weighted by atomic mass is 32.2. The lowest BCUT2D eigenvalue weighted by molar-refractivity contribution is -0.394. The van der Waals surface area contributed by atoms with E-state index < -0.39 is 74.4 Å². The molecular weight excluding hydrogens is 390 g/mol. The number of benzene rings is 2. The van der Waals surface area contributed by atoms with E-state index in [4.69, 9.17) is 0 Å². The predicted molar refractivity (Wildman–Crippen MR) is 87.5 cm³/mol. The van der Waals surface area contributed by atoms with Gasteiger partial charge >= 0.3 is 11.4 Å². The fourth-order valence-electron chi connectivity index (χ4n) is 2.46. The molecule has 0 unspecified atom stereocenters. The fourth-order valence-corrected chi connectivity index (χ4v) is 3.83. The van der Waals surface area contributed by atoms with E-state index >= 15 is 0 Å². The number of hydrogen-bond acceptors (Lipinski definition) is 10. The van der Waals surface area contributed by atoms with Crippen LogP contribution < -0.4 is 5.32 Å². The molecule has 0 spiro atoms. The van der Waals surface area contributed by atoms with E-state index in [1.54, 1.807) is 0 Å². The van der Waals surface area contributed by atoms with Crippen molar-refractivity contribution in [2.45, 2.75) is 9.79 Å². The first kappa shape index (κ1) is 17.8. The van der Waals surface area contributed by atoms with E-state index in [9.17, 15) is 44.7 Å². The van der Waals surface area contributed by atoms with Crippen molar-refractivity contribution >= 4 is 44.9 Å². The average molecular weight is 395 g/mol. The smallest absolute Gasteiger partial charge is 0.300 e. The molecule has 1 N–H and O–H groups in total. The molecule has 2 aromatic carbocycles. The molecule has 0 saturated carbocycles. The summed E-state index contributed by atoms with van der Waals surface area (Å²) in [6, 6.07) is 2.84. The molecule has 1 heterocycles. The van der Waals surface area contributed by atoms with Crippen LogP contribution in [0.25, 0.3) is 0 Å². The standard InChI is InChI=1S/C12H5N5O9S/c18-14(19)5-1-7(16(22)23)11-9(3-5)27(26)10-4-6(15(20)21)2-8(17(24)25)12(10)13-11/h1-4,13H. The number of fused-ring (bicyclic) bond motifs is 2. The molecule has 14 nitrogen and oxygen atoms in total. The van der Waals surface area contributed by atoms with Crippen LogP contribution in [0.15, 0.2) is 34.1 Å². The van der Waals surface area contributed by atoms with Crippen LogP contribution in [0.4, 0.5) is 34.1 Å². The third kappa shape index (κ3) is 2.80. The van der Waals surface area contributed by atoms with Crippen LogP contribution in [-0.4, -0.2) is 23.9 Å². The maximum Gasteiger partial charge on any atom is 0.300 e. The zero-order chi connectivity index (χ0) is 20.0. The van der Waals surface area contributed by atoms with E-state index in [0.29, 0.717) is 12.1 Å². The minimum Gasteiger partial charge on any atom is -0.342 e. The van der Waals surface area contributed by atoms with Gasteiger partial charge in [-0.05, 0) is 0 Å². The van der Waals surface area contributed by atoms with E-state index in [-0.39, 0.29) is 0 Å². The summed E-state index contributed by atoms with van der Waals surface area (Å²) in [6.45, 7) is 0. The first-order valence-electron chi connectivity index (χ1n) is 6.74. The third-order valence-electron chi connectivity index (χ3n) is 3.60. The molecule has 0 atom stereocenters. The summed E-state index contributed by atoms with van der Waals surface area (Å²) in [5, 5.41) is 46.9. The van der Waals surface area contributed by atoms with Gasteiger partial charge in [-0.1, -0.05) is 0 Å². The van der Waals surface area contributed by atoms with Crippen LogP contribution in [0, 0.1) is 40.5 Å². The molecule has 1 aliphatic heterocycles. The number of nitro benzene ring substituents is 4. The maximum absolute atomic E-state index is 12.8. The molecule has 27 heavy (non-hydrogen) atoms. The van der Waals surface area contributed by atoms with Gasteiger partial charge in [0.2, 0.25) is 0 Å². The normalized spacial score (nSPS) is 12.4. The van der Waals surface area contributed by atoms with Gasteiger partial charge in [-0.2, -0.15) is 0 Å². The highest BCUT2D eigenvalue weighted by molar-refractivity contribution is 7.85. The van der Waals surface area contributed by atoms with Crippen molar-refractivity contribution in [1.29, 1.82) is 0 Å². The summed E-state index contributed by atoms with van der Waals surface area (Å²) in [6.07, 6.45) is 0. The number of nitrogens with one attached hydrogen (secondary N) is 1. The molecular formula is C12H5N5O9S. The quantitative estimate of drug-likeness (QED) is 0.505. The Kier molecular flexibility index (Phi) is 3.99. The second kappa shape index (κ2) is 6.06. The Morgan fingerprint density at radius 2 is 1.04 bits per heavy atom. The molecule has 15 heteroatoms. The van der Waals surface area contributed by atoms with Crippen LogP contribution in [0.5, 0.6) is 0 Å². The van der Waals surface area contributed by atoms with Crippen molar-refractivity contribution in [2.75, 3.05) is 5.32 Å². The molecule has 1 aliphatic rings. The molecule has 0 radical (unpaired) electrons. The molecule has 138 valence electrons. The number of nitro groups is 4. The first-order valence-corrected chi connectivity index (χ1v) is 7.89. The number of anilines is 2. The number of rotatable bonds is 4. The van der Waals surface area contributed by atoms with Gasteiger partial charge in [-0.15, -0.1) is 0 Å². The highest BCUT2D eigenvalue weighted by Gasteiger charge is 2.37. The van der Waals surface area contributed by atoms with E-state index in [0.717, 1.165) is 12.1 Å². The summed E-state index contributed by atoms with van der Waals surface area (Å²) in [5.74, 6) is 0. The SMILES string of the molecule is O=[N+]([O-])c1cc([N+](=O)[O-])c2c(c1)S(=O)c1cc([N+](=O)[O-])cc([N+](=O)[O-])c1N2. The Hall–Kier alpha value is -4.01. The topological polar surface area (TPSA) is 202 Å². The summed E-state index contributed by atoms with van der Waals surface area (Å²) in [4.78, 5) is 39.9. The van der Waals surface area contributed by atoms with Gasteiger partial charge < -0.3 is 5.32 Å². The van der Waals surface area contributed by atoms with Crippen molar-refractivity contribution in [2.24, 2.45) is 0 Å². The minimum absolute atomic E-state index is 0.391. The Labute approximate surface area is 149 Å². The number of hydrogen-bond donors (Lipinski definition) is 1. The molecule has 0 fully saturated rings. The lowest BCUT2D eigenvalue weighted by Crippen LogP contribution is -2.13. The van der Waals surface area contributed by atoms with E-state index in [1.165, 1.54) is 0 Å². The number of nitrogens with zero attached hydrogens (tertiary/aromatic N) is 4. The second-order valence-electron chi connectivity index (χ2n) is 5.10. The monoisotopic (exact) mass is 395 g/mol. The Morgan fingerprint density at radius 3 is 1.33 bits per heavy atom. The predicted octanol–water partition coefficient (Wildman–Crippen LogP) is 2.54. The van der Waals surface area contributed by atoms with Crippen molar-refractivity contribution in [3.63, 3.8) is 0 Å². The largest absolute Gasteiger partial charge is 0.342 e. The van der Waals surface area contributed by atoms with Gasteiger partial charge in [0.25, 0.3) is 11.4 Å². The van der Waals surface area contributed by atoms with Gasteiger partial charge in [-0.3, -0.25) is 40.5 Å². The fraction of sp³-hybridized carbons (Fsp3) is 0. The van der Waals surface area contributed by atoms with Crippen LogP contribution in [-0.2, 0) is 10.8 Å². The molecule has 0 saturated heterocycles. The summed E-state index contributed by atoms with van der Waals surface area (Å²) in [5.41, 5.74) is -3.92. The van der Waals surface area contributed by atoms with Gasteiger partial charge in [0, 0.05) is 12.1 Å². The molecule has 3 rings (SSSR count). The minimum atomic E-state index is -2.38. The molecule has 0 bridgehead atoms. The zero-order valence-electron chi connectivity index (χ0n) is 12.7. The molecule has 0 aromatic heterocycles. The van der Waals surface area contributed by atoms with Gasteiger partial charge in [-0.25, -0.2) is 4.21 Å². The summed E-state index contributed by atoms with van der Waals surface area (Å²) >= 11 is 0. The van der Waals surface area contributed by atoms with Crippen LogP contribution in [0.1, 0.15) is 0 Å². The van der Waals surface area contributed by atoms with Crippen LogP contribution >= 0.6 is 0 Å². The van der Waals surface area contributed by atoms with Gasteiger partial charge in [0.05, 0.1) is 52.4 Å². The van der Waals surface area contributed by atoms with Crippen LogP contribution in [0.3, 0.4) is 0 Å². The molecule has 2 aromatic rings. The molecule has 0 amide bonds. The lowest BCUT2D eigenvalue weighted by atomic mass is 10.2. The average Bonchev–Trinajstić information content (AvgIpc) is 2.59. The number of non-ortho nitro benzene ring substituents is 2. The third-order valence-corrected chi connectivity index (χ3v) is 5.04. The van der Waals surface area contributed by atoms with Crippen molar-refractivity contribution in [3.8, 4) is 0 Å². The molecule has 0 aliphatic carbocycles. The lowest BCUT2D eigenvalue weighted by Gasteiger charge is -2.20. The van der Waals surface area contributed by atoms with Gasteiger partial charge in [0.15, 0.2) is 0 Å². The second-order valence-corrected chi connectivity index (χ2v) is 6.52. The summed E-state index contributed by atoms with van der Waals surface area (Å²) < 4.78 is 12.8. The van der Waals surface area contributed by atoms with Crippen molar-refractivity contribution in [1.82, 2.24) is 0 Å². The van der Waals surface area contributed by atoms with Crippen LogP contribution in [0.2, 0.25) is 0 Å². The van der Waals surface area contributed by atoms with E-state index in [1.807, 2.05) is 0 Å². The Balaban J connectivity index is 2.35. The zero-order valence-corrected chi connectivity index (χ0v) is 13.5. The van der Waals surface area contributed by atoms with Crippen molar-refractivity contribution in [3.05, 3.63) is 64.7 Å². The van der Waals surface area contributed by atoms with Gasteiger partial charge in [0.1, 0.15) is 11.4 Å². The highest BCUT2D eigenvalue weighted by Crippen LogP contribution is 2.48. The van der Waals surface area contributed by atoms with Crippen molar-refractivity contribution < 1.29 is 23.9 Å². The Morgan fingerprint density at radius 1 is 0.667 bits per heavy atom. The summed E-state index contributed by atoms with van der Waals surface area (Å²) in [7, 11) is -2.38. The first-order chi connectivity index (χ1) is 12.6. The van der Waals surface area contributed by atoms with E-state index in [2.05, 4.69) is 5.32 Å².